The molecule has 0 saturated carbocycles. The average molecular weight is 428 g/mol. The molecule has 1 aromatic carbocycles. The van der Waals surface area contributed by atoms with Gasteiger partial charge in [-0.1, -0.05) is 28.1 Å². The third-order valence-electron chi connectivity index (χ3n) is 2.82. The zero-order chi connectivity index (χ0) is 14.9. The van der Waals surface area contributed by atoms with Crippen LogP contribution in [0.25, 0.3) is 0 Å². The van der Waals surface area contributed by atoms with E-state index in [0.717, 1.165) is 27.0 Å². The fourth-order valence-corrected chi connectivity index (χ4v) is 4.96. The first-order valence-corrected chi connectivity index (χ1v) is 8.36. The van der Waals surface area contributed by atoms with Crippen LogP contribution in [0, 0.1) is 6.92 Å². The van der Waals surface area contributed by atoms with E-state index >= 15 is 0 Å². The molecule has 0 amide bonds. The number of thiophene rings is 1. The Morgan fingerprint density at radius 1 is 1.20 bits per heavy atom. The molecule has 20 heavy (non-hydrogen) atoms. The first kappa shape index (κ1) is 16.0. The molecule has 0 saturated heterocycles. The van der Waals surface area contributed by atoms with Crippen molar-refractivity contribution >= 4 is 43.2 Å². The van der Waals surface area contributed by atoms with Crippen LogP contribution in [0.2, 0.25) is 0 Å². The number of hydrogen-bond donors (Lipinski definition) is 0. The van der Waals surface area contributed by atoms with Crippen LogP contribution in [-0.4, -0.2) is 0 Å². The normalized spacial score (nSPS) is 13.5. The Morgan fingerprint density at radius 2 is 1.80 bits per heavy atom. The van der Waals surface area contributed by atoms with Crippen molar-refractivity contribution in [3.05, 3.63) is 55.7 Å². The van der Waals surface area contributed by atoms with Gasteiger partial charge in [0.15, 0.2) is 0 Å². The van der Waals surface area contributed by atoms with Crippen LogP contribution in [0.1, 0.15) is 25.7 Å². The van der Waals surface area contributed by atoms with Gasteiger partial charge in [-0.2, -0.15) is 13.2 Å². The predicted molar refractivity (Wildman–Crippen MR) is 83.6 cm³/mol. The minimum Gasteiger partial charge on any atom is -0.166 e. The lowest BCUT2D eigenvalue weighted by molar-refractivity contribution is -0.137. The van der Waals surface area contributed by atoms with Crippen LogP contribution in [-0.2, 0) is 12.6 Å². The maximum atomic E-state index is 12.5. The topological polar surface area (TPSA) is 0 Å². The fraction of sp³-hybridized carbons (Fsp3) is 0.286. The molecule has 0 bridgehead atoms. The Morgan fingerprint density at radius 3 is 2.25 bits per heavy atom. The maximum Gasteiger partial charge on any atom is 0.416 e. The summed E-state index contributed by atoms with van der Waals surface area (Å²) in [5.74, 6) is 0. The minimum atomic E-state index is -4.28. The molecule has 0 spiro atoms. The van der Waals surface area contributed by atoms with Gasteiger partial charge in [0.25, 0.3) is 0 Å². The largest absolute Gasteiger partial charge is 0.416 e. The molecule has 0 N–H and O–H groups in total. The van der Waals surface area contributed by atoms with Crippen LogP contribution >= 0.6 is 43.2 Å². The molecule has 0 radical (unpaired) electrons. The second kappa shape index (κ2) is 6.20. The summed E-state index contributed by atoms with van der Waals surface area (Å²) < 4.78 is 38.5. The Balaban J connectivity index is 2.12. The van der Waals surface area contributed by atoms with Crippen LogP contribution in [0.4, 0.5) is 13.2 Å². The quantitative estimate of drug-likeness (QED) is 0.489. The van der Waals surface area contributed by atoms with Gasteiger partial charge in [0.1, 0.15) is 0 Å². The number of hydrogen-bond acceptors (Lipinski definition) is 1. The fourth-order valence-electron chi connectivity index (χ4n) is 1.84. The summed E-state index contributed by atoms with van der Waals surface area (Å²) in [6.07, 6.45) is -3.63. The Kier molecular flexibility index (Phi) is 4.97. The van der Waals surface area contributed by atoms with E-state index in [1.807, 2.05) is 13.0 Å². The van der Waals surface area contributed by atoms with Crippen molar-refractivity contribution in [1.29, 1.82) is 0 Å². The average Bonchev–Trinajstić information content (AvgIpc) is 2.68. The number of benzene rings is 1. The summed E-state index contributed by atoms with van der Waals surface area (Å²) in [7, 11) is 0. The lowest BCUT2D eigenvalue weighted by atomic mass is 10.1. The minimum absolute atomic E-state index is 0.0901. The Bertz CT molecular complexity index is 587. The van der Waals surface area contributed by atoms with E-state index < -0.39 is 11.7 Å². The van der Waals surface area contributed by atoms with Gasteiger partial charge in [0, 0.05) is 14.2 Å². The second-order valence-electron chi connectivity index (χ2n) is 4.44. The number of halogens is 5. The zero-order valence-corrected chi connectivity index (χ0v) is 14.5. The van der Waals surface area contributed by atoms with E-state index in [2.05, 4.69) is 31.9 Å². The molecule has 6 heteroatoms. The summed E-state index contributed by atoms with van der Waals surface area (Å²) in [5.41, 5.74) is 0.262. The van der Waals surface area contributed by atoms with Gasteiger partial charge in [0.2, 0.25) is 0 Å². The van der Waals surface area contributed by atoms with E-state index in [9.17, 15) is 13.2 Å². The number of alkyl halides is 4. The molecule has 0 nitrogen and oxygen atoms in total. The van der Waals surface area contributed by atoms with Crippen LogP contribution in [0.5, 0.6) is 0 Å². The molecule has 0 aliphatic rings. The molecule has 1 unspecified atom stereocenters. The number of rotatable bonds is 3. The molecular weight excluding hydrogens is 417 g/mol. The van der Waals surface area contributed by atoms with Crippen molar-refractivity contribution in [2.75, 3.05) is 0 Å². The molecular formula is C14H11Br2F3S. The molecule has 0 aliphatic heterocycles. The van der Waals surface area contributed by atoms with E-state index in [0.29, 0.717) is 6.42 Å². The highest BCUT2D eigenvalue weighted by atomic mass is 79.9. The summed E-state index contributed by atoms with van der Waals surface area (Å²) in [4.78, 5) is 2.44. The molecule has 108 valence electrons. The van der Waals surface area contributed by atoms with Gasteiger partial charge in [-0.25, -0.2) is 0 Å². The summed E-state index contributed by atoms with van der Waals surface area (Å²) in [6, 6.07) is 7.37. The van der Waals surface area contributed by atoms with Gasteiger partial charge in [-0.3, -0.25) is 0 Å². The lowest BCUT2D eigenvalue weighted by Crippen LogP contribution is -2.04. The molecule has 1 aromatic heterocycles. The zero-order valence-electron chi connectivity index (χ0n) is 10.5. The smallest absolute Gasteiger partial charge is 0.166 e. The van der Waals surface area contributed by atoms with E-state index in [4.69, 9.17) is 0 Å². The molecule has 0 aliphatic carbocycles. The van der Waals surface area contributed by atoms with E-state index in [1.165, 1.54) is 17.0 Å². The van der Waals surface area contributed by atoms with Gasteiger partial charge < -0.3 is 0 Å². The standard InChI is InChI=1S/C14H11Br2F3S/c1-8-6-11(15)13(20-8)12(16)7-9-2-4-10(5-3-9)14(17,18)19/h2-6,12H,7H2,1H3. The summed E-state index contributed by atoms with van der Waals surface area (Å²) in [5, 5.41) is 0. The highest BCUT2D eigenvalue weighted by Crippen LogP contribution is 2.38. The van der Waals surface area contributed by atoms with Crippen molar-refractivity contribution in [3.63, 3.8) is 0 Å². The molecule has 1 heterocycles. The second-order valence-corrected chi connectivity index (χ2v) is 7.68. The van der Waals surface area contributed by atoms with E-state index in [1.54, 1.807) is 11.3 Å². The van der Waals surface area contributed by atoms with Crippen molar-refractivity contribution in [3.8, 4) is 0 Å². The molecule has 2 aromatic rings. The van der Waals surface area contributed by atoms with Gasteiger partial charge >= 0.3 is 6.18 Å². The summed E-state index contributed by atoms with van der Waals surface area (Å²) in [6.45, 7) is 2.02. The third-order valence-corrected chi connectivity index (χ3v) is 5.98. The first-order valence-electron chi connectivity index (χ1n) is 5.83. The SMILES string of the molecule is Cc1cc(Br)c(C(Br)Cc2ccc(C(F)(F)F)cc2)s1. The predicted octanol–water partition coefficient (Wildman–Crippen LogP) is 6.52. The highest BCUT2D eigenvalue weighted by Gasteiger charge is 2.30. The van der Waals surface area contributed by atoms with Crippen molar-refractivity contribution in [1.82, 2.24) is 0 Å². The Hall–Kier alpha value is -0.330. The maximum absolute atomic E-state index is 12.5. The van der Waals surface area contributed by atoms with E-state index in [-0.39, 0.29) is 4.83 Å². The summed E-state index contributed by atoms with van der Waals surface area (Å²) >= 11 is 8.78. The first-order chi connectivity index (χ1) is 9.27. The Labute approximate surface area is 136 Å². The number of aryl methyl sites for hydroxylation is 1. The van der Waals surface area contributed by atoms with Crippen molar-refractivity contribution in [2.45, 2.75) is 24.3 Å². The van der Waals surface area contributed by atoms with Crippen molar-refractivity contribution < 1.29 is 13.2 Å². The van der Waals surface area contributed by atoms with Crippen LogP contribution < -0.4 is 0 Å². The third kappa shape index (κ3) is 3.86. The van der Waals surface area contributed by atoms with Crippen LogP contribution in [0.15, 0.2) is 34.8 Å². The highest BCUT2D eigenvalue weighted by molar-refractivity contribution is 9.11. The van der Waals surface area contributed by atoms with Crippen LogP contribution in [0.3, 0.4) is 0 Å². The molecule has 2 rings (SSSR count). The van der Waals surface area contributed by atoms with Crippen molar-refractivity contribution in [2.24, 2.45) is 0 Å². The van der Waals surface area contributed by atoms with Gasteiger partial charge in [-0.05, 0) is 53.0 Å². The molecule has 0 fully saturated rings. The van der Waals surface area contributed by atoms with Gasteiger partial charge in [-0.15, -0.1) is 11.3 Å². The monoisotopic (exact) mass is 426 g/mol. The van der Waals surface area contributed by atoms with Gasteiger partial charge in [0.05, 0.1) is 10.4 Å². The molecule has 1 atom stereocenters. The lowest BCUT2D eigenvalue weighted by Gasteiger charge is -2.11.